The number of carbonyl (C=O) groups is 1. The summed E-state index contributed by atoms with van der Waals surface area (Å²) in [5, 5.41) is 15.0. The Balaban J connectivity index is 1.90. The molecule has 0 aliphatic heterocycles. The molecule has 0 fully saturated rings. The van der Waals surface area contributed by atoms with Crippen molar-refractivity contribution in [1.29, 1.82) is 0 Å². The first-order chi connectivity index (χ1) is 12.5. The molecule has 1 aromatic carbocycles. The van der Waals surface area contributed by atoms with Crippen molar-refractivity contribution in [1.82, 2.24) is 15.5 Å². The van der Waals surface area contributed by atoms with Crippen molar-refractivity contribution in [3.8, 4) is 5.75 Å². The van der Waals surface area contributed by atoms with Crippen LogP contribution in [0.25, 0.3) is 0 Å². The minimum atomic E-state index is -0.0479. The third-order valence-electron chi connectivity index (χ3n) is 3.59. The zero-order valence-electron chi connectivity index (χ0n) is 15.2. The van der Waals surface area contributed by atoms with Gasteiger partial charge in [0.25, 0.3) is 0 Å². The van der Waals surface area contributed by atoms with Crippen LogP contribution in [0.1, 0.15) is 25.5 Å². The Kier molecular flexibility index (Phi) is 7.93. The molecule has 0 aliphatic rings. The smallest absolute Gasteiger partial charge is 0.230 e. The molecular weight excluding hydrogens is 368 g/mol. The summed E-state index contributed by atoms with van der Waals surface area (Å²) < 4.78 is 5.95. The highest BCUT2D eigenvalue weighted by Crippen LogP contribution is 2.27. The SMILES string of the molecule is C=CCNc1nnc(SCC(=O)NC(c2ccc(OC)cc2)C(C)C)s1. The molecule has 0 bridgehead atoms. The first kappa shape index (κ1) is 20.3. The van der Waals surface area contributed by atoms with Crippen molar-refractivity contribution in [2.24, 2.45) is 5.92 Å². The number of aromatic nitrogens is 2. The van der Waals surface area contributed by atoms with Gasteiger partial charge in [0.05, 0.1) is 18.9 Å². The summed E-state index contributed by atoms with van der Waals surface area (Å²) in [6.45, 7) is 8.46. The Morgan fingerprint density at radius 1 is 1.35 bits per heavy atom. The van der Waals surface area contributed by atoms with Gasteiger partial charge in [0, 0.05) is 6.54 Å². The highest BCUT2D eigenvalue weighted by atomic mass is 32.2. The summed E-state index contributed by atoms with van der Waals surface area (Å²) in [4.78, 5) is 12.4. The van der Waals surface area contributed by atoms with Gasteiger partial charge in [-0.3, -0.25) is 4.79 Å². The minimum Gasteiger partial charge on any atom is -0.497 e. The Hall–Kier alpha value is -2.06. The van der Waals surface area contributed by atoms with Crippen molar-refractivity contribution in [2.45, 2.75) is 24.2 Å². The van der Waals surface area contributed by atoms with Crippen LogP contribution in [0.15, 0.2) is 41.3 Å². The largest absolute Gasteiger partial charge is 0.497 e. The quantitative estimate of drug-likeness (QED) is 0.474. The van der Waals surface area contributed by atoms with E-state index in [-0.39, 0.29) is 17.9 Å². The second kappa shape index (κ2) is 10.2. The van der Waals surface area contributed by atoms with E-state index in [2.05, 4.69) is 41.3 Å². The number of methoxy groups -OCH3 is 1. The molecule has 1 aromatic heterocycles. The third-order valence-corrected chi connectivity index (χ3v) is 5.60. The van der Waals surface area contributed by atoms with E-state index >= 15 is 0 Å². The van der Waals surface area contributed by atoms with E-state index in [1.807, 2.05) is 24.3 Å². The highest BCUT2D eigenvalue weighted by molar-refractivity contribution is 8.01. The van der Waals surface area contributed by atoms with E-state index in [1.54, 1.807) is 13.2 Å². The molecule has 1 atom stereocenters. The maximum atomic E-state index is 12.4. The van der Waals surface area contributed by atoms with Crippen LogP contribution in [0.2, 0.25) is 0 Å². The fourth-order valence-corrected chi connectivity index (χ4v) is 3.86. The average Bonchev–Trinajstić information content (AvgIpc) is 3.10. The summed E-state index contributed by atoms with van der Waals surface area (Å²) in [6.07, 6.45) is 1.76. The van der Waals surface area contributed by atoms with Crippen molar-refractivity contribution in [3.05, 3.63) is 42.5 Å². The molecule has 1 unspecified atom stereocenters. The van der Waals surface area contributed by atoms with Gasteiger partial charge in [-0.05, 0) is 23.6 Å². The number of thioether (sulfide) groups is 1. The fraction of sp³-hybridized carbons (Fsp3) is 0.389. The monoisotopic (exact) mass is 392 g/mol. The first-order valence-corrected chi connectivity index (χ1v) is 10.1. The van der Waals surface area contributed by atoms with Gasteiger partial charge < -0.3 is 15.4 Å². The molecule has 1 amide bonds. The molecule has 2 aromatic rings. The van der Waals surface area contributed by atoms with Crippen molar-refractivity contribution in [3.63, 3.8) is 0 Å². The lowest BCUT2D eigenvalue weighted by atomic mass is 9.96. The minimum absolute atomic E-state index is 0.0275. The molecule has 0 saturated carbocycles. The van der Waals surface area contributed by atoms with E-state index in [4.69, 9.17) is 4.74 Å². The van der Waals surface area contributed by atoms with Crippen molar-refractivity contribution >= 4 is 34.1 Å². The molecule has 1 heterocycles. The Morgan fingerprint density at radius 3 is 2.69 bits per heavy atom. The van der Waals surface area contributed by atoms with E-state index in [0.717, 1.165) is 20.8 Å². The molecule has 8 heteroatoms. The highest BCUT2D eigenvalue weighted by Gasteiger charge is 2.19. The molecule has 0 radical (unpaired) electrons. The Bertz CT molecular complexity index is 716. The van der Waals surface area contributed by atoms with Crippen LogP contribution in [-0.2, 0) is 4.79 Å². The van der Waals surface area contributed by atoms with Gasteiger partial charge in [-0.25, -0.2) is 0 Å². The lowest BCUT2D eigenvalue weighted by Crippen LogP contribution is -2.32. The van der Waals surface area contributed by atoms with Crippen molar-refractivity contribution < 1.29 is 9.53 Å². The summed E-state index contributed by atoms with van der Waals surface area (Å²) in [6, 6.07) is 7.74. The molecule has 0 aliphatic carbocycles. The van der Waals surface area contributed by atoms with Gasteiger partial charge in [-0.15, -0.1) is 16.8 Å². The molecule has 6 nitrogen and oxygen atoms in total. The zero-order chi connectivity index (χ0) is 18.9. The molecule has 140 valence electrons. The van der Waals surface area contributed by atoms with Gasteiger partial charge in [0.2, 0.25) is 11.0 Å². The van der Waals surface area contributed by atoms with Crippen LogP contribution in [0.4, 0.5) is 5.13 Å². The third kappa shape index (κ3) is 6.03. The van der Waals surface area contributed by atoms with E-state index in [1.165, 1.54) is 23.1 Å². The number of anilines is 1. The van der Waals surface area contributed by atoms with Crippen LogP contribution in [0, 0.1) is 5.92 Å². The lowest BCUT2D eigenvalue weighted by Gasteiger charge is -2.23. The number of carbonyl (C=O) groups excluding carboxylic acids is 1. The first-order valence-electron chi connectivity index (χ1n) is 8.28. The molecule has 2 rings (SSSR count). The molecular formula is C18H24N4O2S2. The van der Waals surface area contributed by atoms with E-state index in [9.17, 15) is 4.79 Å². The van der Waals surface area contributed by atoms with Crippen LogP contribution < -0.4 is 15.4 Å². The summed E-state index contributed by atoms with van der Waals surface area (Å²) >= 11 is 2.81. The number of nitrogens with one attached hydrogen (secondary N) is 2. The van der Waals surface area contributed by atoms with Gasteiger partial charge in [0.15, 0.2) is 4.34 Å². The van der Waals surface area contributed by atoms with Crippen molar-refractivity contribution in [2.75, 3.05) is 24.7 Å². The Morgan fingerprint density at radius 2 is 2.08 bits per heavy atom. The number of hydrogen-bond donors (Lipinski definition) is 2. The average molecular weight is 393 g/mol. The van der Waals surface area contributed by atoms with Crippen LogP contribution in [0.5, 0.6) is 5.75 Å². The number of ether oxygens (including phenoxy) is 1. The number of rotatable bonds is 10. The zero-order valence-corrected chi connectivity index (χ0v) is 16.8. The number of benzene rings is 1. The summed E-state index contributed by atoms with van der Waals surface area (Å²) in [7, 11) is 1.64. The predicted molar refractivity (Wildman–Crippen MR) is 108 cm³/mol. The number of amides is 1. The molecule has 0 saturated heterocycles. The lowest BCUT2D eigenvalue weighted by molar-refractivity contribution is -0.119. The second-order valence-corrected chi connectivity index (χ2v) is 8.09. The van der Waals surface area contributed by atoms with Crippen LogP contribution >= 0.6 is 23.1 Å². The second-order valence-electron chi connectivity index (χ2n) is 5.89. The standard InChI is InChI=1S/C18H24N4O2S2/c1-5-10-19-17-21-22-18(26-17)25-11-15(23)20-16(12(2)3)13-6-8-14(24-4)9-7-13/h5-9,12,16H,1,10-11H2,2-4H3,(H,19,21)(H,20,23). The van der Waals surface area contributed by atoms with Gasteiger partial charge in [0.1, 0.15) is 5.75 Å². The maximum Gasteiger partial charge on any atom is 0.230 e. The predicted octanol–water partition coefficient (Wildman–Crippen LogP) is 3.75. The normalized spacial score (nSPS) is 11.8. The number of nitrogens with zero attached hydrogens (tertiary/aromatic N) is 2. The summed E-state index contributed by atoms with van der Waals surface area (Å²) in [5.74, 6) is 1.35. The van der Waals surface area contributed by atoms with E-state index in [0.29, 0.717) is 12.3 Å². The van der Waals surface area contributed by atoms with Gasteiger partial charge in [-0.1, -0.05) is 55.2 Å². The number of hydrogen-bond acceptors (Lipinski definition) is 7. The van der Waals surface area contributed by atoms with Crippen LogP contribution in [-0.4, -0.2) is 35.5 Å². The van der Waals surface area contributed by atoms with Gasteiger partial charge >= 0.3 is 0 Å². The molecule has 2 N–H and O–H groups in total. The topological polar surface area (TPSA) is 76.1 Å². The fourth-order valence-electron chi connectivity index (χ4n) is 2.29. The maximum absolute atomic E-state index is 12.4. The molecule has 26 heavy (non-hydrogen) atoms. The van der Waals surface area contributed by atoms with Gasteiger partial charge in [-0.2, -0.15) is 0 Å². The van der Waals surface area contributed by atoms with E-state index < -0.39 is 0 Å². The Labute approximate surface area is 162 Å². The summed E-state index contributed by atoms with van der Waals surface area (Å²) in [5.41, 5.74) is 1.06. The van der Waals surface area contributed by atoms with Crippen LogP contribution in [0.3, 0.4) is 0 Å². The molecule has 0 spiro atoms.